The zero-order valence-electron chi connectivity index (χ0n) is 12.7. The molecule has 0 unspecified atom stereocenters. The van der Waals surface area contributed by atoms with Crippen molar-refractivity contribution in [1.29, 1.82) is 0 Å². The Balaban J connectivity index is 1.88. The maximum Gasteiger partial charge on any atom is 0.335 e. The number of nitrogens with zero attached hydrogens (tertiary/aromatic N) is 2. The summed E-state index contributed by atoms with van der Waals surface area (Å²) in [6, 6.07) is 10.8. The van der Waals surface area contributed by atoms with Crippen LogP contribution in [-0.2, 0) is 6.42 Å². The molecule has 1 N–H and O–H groups in total. The average molecular weight is 324 g/mol. The molecule has 2 aromatic heterocycles. The van der Waals surface area contributed by atoms with Gasteiger partial charge < -0.3 is 5.11 Å². The first-order valence-electron chi connectivity index (χ1n) is 7.42. The highest BCUT2D eigenvalue weighted by atomic mass is 32.1. The number of carboxylic acids is 1. The highest BCUT2D eigenvalue weighted by Gasteiger charge is 2.09. The molecular weight excluding hydrogens is 308 g/mol. The third kappa shape index (κ3) is 3.46. The van der Waals surface area contributed by atoms with E-state index < -0.39 is 5.97 Å². The first-order valence-corrected chi connectivity index (χ1v) is 8.30. The molecular formula is C18H16N2O2S. The summed E-state index contributed by atoms with van der Waals surface area (Å²) in [5.74, 6) is -0.921. The quantitative estimate of drug-likeness (QED) is 0.749. The van der Waals surface area contributed by atoms with Gasteiger partial charge in [-0.1, -0.05) is 25.5 Å². The number of thiazole rings is 1. The van der Waals surface area contributed by atoms with Gasteiger partial charge in [-0.3, -0.25) is 4.98 Å². The summed E-state index contributed by atoms with van der Waals surface area (Å²) < 4.78 is 0. The molecule has 0 radical (unpaired) electrons. The normalized spacial score (nSPS) is 10.7. The van der Waals surface area contributed by atoms with Crippen molar-refractivity contribution in [3.8, 4) is 21.8 Å². The van der Waals surface area contributed by atoms with E-state index in [-0.39, 0.29) is 5.56 Å². The summed E-state index contributed by atoms with van der Waals surface area (Å²) in [6.07, 6.45) is 3.85. The molecule has 23 heavy (non-hydrogen) atoms. The monoisotopic (exact) mass is 324 g/mol. The first-order chi connectivity index (χ1) is 11.2. The number of rotatable bonds is 5. The predicted octanol–water partition coefficient (Wildman–Crippen LogP) is 4.52. The van der Waals surface area contributed by atoms with Crippen LogP contribution in [0.3, 0.4) is 0 Å². The lowest BCUT2D eigenvalue weighted by Gasteiger charge is -2.01. The van der Waals surface area contributed by atoms with Gasteiger partial charge in [0.25, 0.3) is 0 Å². The molecule has 0 atom stereocenters. The molecule has 1 aromatic carbocycles. The summed E-state index contributed by atoms with van der Waals surface area (Å²) in [5, 5.41) is 11.9. The Kier molecular flexibility index (Phi) is 4.48. The van der Waals surface area contributed by atoms with Gasteiger partial charge in [-0.25, -0.2) is 9.78 Å². The molecule has 0 bridgehead atoms. The summed E-state index contributed by atoms with van der Waals surface area (Å²) in [7, 11) is 0. The molecule has 0 amide bonds. The van der Waals surface area contributed by atoms with Crippen LogP contribution in [0, 0.1) is 0 Å². The lowest BCUT2D eigenvalue weighted by molar-refractivity contribution is 0.0697. The number of aryl methyl sites for hydroxylation is 1. The maximum absolute atomic E-state index is 10.9. The topological polar surface area (TPSA) is 63.1 Å². The molecule has 5 heteroatoms. The molecule has 0 saturated heterocycles. The van der Waals surface area contributed by atoms with Gasteiger partial charge in [0.1, 0.15) is 5.01 Å². The zero-order chi connectivity index (χ0) is 16.2. The molecule has 4 nitrogen and oxygen atoms in total. The lowest BCUT2D eigenvalue weighted by atomic mass is 10.1. The van der Waals surface area contributed by atoms with Gasteiger partial charge in [0.05, 0.1) is 11.3 Å². The van der Waals surface area contributed by atoms with Crippen molar-refractivity contribution in [3.05, 3.63) is 59.2 Å². The van der Waals surface area contributed by atoms with Crippen LogP contribution in [0.15, 0.2) is 48.0 Å². The molecule has 0 aliphatic carbocycles. The predicted molar refractivity (Wildman–Crippen MR) is 91.7 cm³/mol. The molecule has 0 fully saturated rings. The van der Waals surface area contributed by atoms with Gasteiger partial charge in [0.2, 0.25) is 0 Å². The fourth-order valence-corrected chi connectivity index (χ4v) is 3.15. The van der Waals surface area contributed by atoms with E-state index >= 15 is 0 Å². The second kappa shape index (κ2) is 6.71. The average Bonchev–Trinajstić information content (AvgIpc) is 3.05. The zero-order valence-corrected chi connectivity index (χ0v) is 13.5. The van der Waals surface area contributed by atoms with Gasteiger partial charge in [0.15, 0.2) is 0 Å². The number of carboxylic acid groups (broad SMARTS) is 1. The van der Waals surface area contributed by atoms with E-state index in [4.69, 9.17) is 5.11 Å². The molecule has 0 aliphatic rings. The summed E-state index contributed by atoms with van der Waals surface area (Å²) in [4.78, 5) is 19.9. The second-order valence-electron chi connectivity index (χ2n) is 5.21. The largest absolute Gasteiger partial charge is 0.478 e. The lowest BCUT2D eigenvalue weighted by Crippen LogP contribution is -1.94. The van der Waals surface area contributed by atoms with E-state index in [2.05, 4.69) is 23.0 Å². The van der Waals surface area contributed by atoms with Gasteiger partial charge in [-0.2, -0.15) is 0 Å². The van der Waals surface area contributed by atoms with Crippen molar-refractivity contribution in [1.82, 2.24) is 9.97 Å². The molecule has 2 heterocycles. The van der Waals surface area contributed by atoms with Crippen LogP contribution in [0.25, 0.3) is 21.8 Å². The third-order valence-corrected chi connectivity index (χ3v) is 4.39. The minimum absolute atomic E-state index is 0.280. The molecule has 0 saturated carbocycles. The van der Waals surface area contributed by atoms with Crippen LogP contribution in [0.2, 0.25) is 0 Å². The third-order valence-electron chi connectivity index (χ3n) is 3.50. The van der Waals surface area contributed by atoms with Crippen LogP contribution < -0.4 is 0 Å². The number of aromatic carboxylic acids is 1. The summed E-state index contributed by atoms with van der Waals surface area (Å²) in [5.41, 5.74) is 4.20. The van der Waals surface area contributed by atoms with Gasteiger partial charge in [-0.05, 0) is 30.7 Å². The van der Waals surface area contributed by atoms with Crippen LogP contribution in [0.4, 0.5) is 0 Å². The Morgan fingerprint density at radius 3 is 2.65 bits per heavy atom. The van der Waals surface area contributed by atoms with Crippen molar-refractivity contribution < 1.29 is 9.90 Å². The van der Waals surface area contributed by atoms with Gasteiger partial charge in [0, 0.05) is 28.4 Å². The number of carbonyl (C=O) groups is 1. The number of benzene rings is 1. The maximum atomic E-state index is 10.9. The number of hydrogen-bond donors (Lipinski definition) is 1. The fraction of sp³-hybridized carbons (Fsp3) is 0.167. The smallest absolute Gasteiger partial charge is 0.335 e. The summed E-state index contributed by atoms with van der Waals surface area (Å²) in [6.45, 7) is 2.14. The van der Waals surface area contributed by atoms with Crippen LogP contribution >= 0.6 is 11.3 Å². The molecule has 3 aromatic rings. The van der Waals surface area contributed by atoms with E-state index in [0.717, 1.165) is 40.4 Å². The van der Waals surface area contributed by atoms with E-state index in [1.807, 2.05) is 17.6 Å². The fourth-order valence-electron chi connectivity index (χ4n) is 2.33. The van der Waals surface area contributed by atoms with Gasteiger partial charge in [-0.15, -0.1) is 11.3 Å². The SMILES string of the molecule is CCCc1cc(-c2nc(-c3ccc(C(=O)O)cc3)cs2)ccn1. The van der Waals surface area contributed by atoms with Crippen molar-refractivity contribution >= 4 is 17.3 Å². The van der Waals surface area contributed by atoms with Gasteiger partial charge >= 0.3 is 5.97 Å². The standard InChI is InChI=1S/C18H16N2O2S/c1-2-3-15-10-14(8-9-19-15)17-20-16(11-23-17)12-4-6-13(7-5-12)18(21)22/h4-11H,2-3H2,1H3,(H,21,22). The Labute approximate surface area is 138 Å². The van der Waals surface area contributed by atoms with E-state index in [0.29, 0.717) is 0 Å². The van der Waals surface area contributed by atoms with Crippen molar-refractivity contribution in [2.24, 2.45) is 0 Å². The Morgan fingerprint density at radius 2 is 1.96 bits per heavy atom. The first kappa shape index (κ1) is 15.4. The minimum Gasteiger partial charge on any atom is -0.478 e. The Hall–Kier alpha value is -2.53. The second-order valence-corrected chi connectivity index (χ2v) is 6.06. The molecule has 3 rings (SSSR count). The van der Waals surface area contributed by atoms with E-state index in [1.165, 1.54) is 0 Å². The Bertz CT molecular complexity index is 825. The van der Waals surface area contributed by atoms with Crippen molar-refractivity contribution in [2.45, 2.75) is 19.8 Å². The van der Waals surface area contributed by atoms with Crippen LogP contribution in [-0.4, -0.2) is 21.0 Å². The highest BCUT2D eigenvalue weighted by molar-refractivity contribution is 7.13. The van der Waals surface area contributed by atoms with Crippen molar-refractivity contribution in [3.63, 3.8) is 0 Å². The minimum atomic E-state index is -0.921. The van der Waals surface area contributed by atoms with E-state index in [9.17, 15) is 4.79 Å². The van der Waals surface area contributed by atoms with E-state index in [1.54, 1.807) is 35.6 Å². The molecule has 0 spiro atoms. The van der Waals surface area contributed by atoms with Crippen molar-refractivity contribution in [2.75, 3.05) is 0 Å². The molecule has 116 valence electrons. The molecule has 0 aliphatic heterocycles. The van der Waals surface area contributed by atoms with Crippen LogP contribution in [0.1, 0.15) is 29.4 Å². The number of pyridine rings is 1. The number of aromatic nitrogens is 2. The number of hydrogen-bond acceptors (Lipinski definition) is 4. The van der Waals surface area contributed by atoms with Crippen LogP contribution in [0.5, 0.6) is 0 Å². The highest BCUT2D eigenvalue weighted by Crippen LogP contribution is 2.29. The summed E-state index contributed by atoms with van der Waals surface area (Å²) >= 11 is 1.58. The Morgan fingerprint density at radius 1 is 1.17 bits per heavy atom.